The Hall–Kier alpha value is -2.39. The highest BCUT2D eigenvalue weighted by molar-refractivity contribution is 9.10. The van der Waals surface area contributed by atoms with Crippen LogP contribution < -0.4 is 9.62 Å². The number of rotatable bonds is 12. The number of hydrogen-bond donors (Lipinski definition) is 1. The highest BCUT2D eigenvalue weighted by atomic mass is 79.9. The lowest BCUT2D eigenvalue weighted by Gasteiger charge is -2.33. The average molecular weight is 553 g/mol. The van der Waals surface area contributed by atoms with E-state index in [1.165, 1.54) is 4.90 Å². The van der Waals surface area contributed by atoms with Crippen molar-refractivity contribution >= 4 is 43.5 Å². The highest BCUT2D eigenvalue weighted by Gasteiger charge is 2.31. The van der Waals surface area contributed by atoms with Crippen LogP contribution in [0.5, 0.6) is 0 Å². The van der Waals surface area contributed by atoms with E-state index in [0.717, 1.165) is 39.0 Å². The third-order valence-corrected chi connectivity index (χ3v) is 7.15. The molecule has 9 heteroatoms. The molecule has 0 aliphatic rings. The van der Waals surface area contributed by atoms with Crippen LogP contribution in [0.2, 0.25) is 0 Å². The van der Waals surface area contributed by atoms with E-state index in [0.29, 0.717) is 18.7 Å². The van der Waals surface area contributed by atoms with Gasteiger partial charge in [-0.1, -0.05) is 66.0 Å². The number of carbonyl (C=O) groups excluding carboxylic acids is 2. The minimum Gasteiger partial charge on any atom is -0.354 e. The molecule has 0 heterocycles. The summed E-state index contributed by atoms with van der Waals surface area (Å²) < 4.78 is 27.0. The van der Waals surface area contributed by atoms with Crippen molar-refractivity contribution in [3.05, 3.63) is 64.1 Å². The number of aryl methyl sites for hydroxylation is 1. The molecule has 34 heavy (non-hydrogen) atoms. The molecule has 2 aromatic rings. The number of nitrogens with one attached hydrogen (secondary N) is 1. The van der Waals surface area contributed by atoms with Crippen LogP contribution >= 0.6 is 15.9 Å². The first-order chi connectivity index (χ1) is 16.1. The van der Waals surface area contributed by atoms with Gasteiger partial charge in [-0.2, -0.15) is 0 Å². The molecule has 0 aliphatic carbocycles. The fraction of sp³-hybridized carbons (Fsp3) is 0.440. The molecule has 0 saturated heterocycles. The van der Waals surface area contributed by atoms with E-state index in [1.807, 2.05) is 45.0 Å². The Morgan fingerprint density at radius 1 is 1.03 bits per heavy atom. The van der Waals surface area contributed by atoms with Crippen LogP contribution in [0.15, 0.2) is 53.0 Å². The molecule has 186 valence electrons. The summed E-state index contributed by atoms with van der Waals surface area (Å²) in [5, 5.41) is 2.92. The van der Waals surface area contributed by atoms with Crippen molar-refractivity contribution in [3.8, 4) is 0 Å². The second kappa shape index (κ2) is 12.9. The molecule has 0 bridgehead atoms. The van der Waals surface area contributed by atoms with E-state index >= 15 is 0 Å². The van der Waals surface area contributed by atoms with Crippen LogP contribution in [0.4, 0.5) is 5.69 Å². The molecule has 0 spiro atoms. The van der Waals surface area contributed by atoms with Crippen LogP contribution in [0.1, 0.15) is 44.2 Å². The second-order valence-corrected chi connectivity index (χ2v) is 11.1. The molecule has 2 aromatic carbocycles. The van der Waals surface area contributed by atoms with Crippen LogP contribution in [0.25, 0.3) is 0 Å². The van der Waals surface area contributed by atoms with Gasteiger partial charge in [0.15, 0.2) is 0 Å². The molecule has 0 fully saturated rings. The van der Waals surface area contributed by atoms with Crippen LogP contribution in [-0.2, 0) is 26.2 Å². The molecule has 0 radical (unpaired) electrons. The Bertz CT molecular complexity index is 1060. The number of nitrogens with zero attached hydrogens (tertiary/aromatic N) is 2. The maximum atomic E-state index is 13.6. The first kappa shape index (κ1) is 27.9. The van der Waals surface area contributed by atoms with Crippen LogP contribution in [0, 0.1) is 6.92 Å². The van der Waals surface area contributed by atoms with Gasteiger partial charge in [0.1, 0.15) is 12.6 Å². The highest BCUT2D eigenvalue weighted by Crippen LogP contribution is 2.22. The summed E-state index contributed by atoms with van der Waals surface area (Å²) in [6.45, 7) is 6.21. The Labute approximate surface area is 211 Å². The SMILES string of the molecule is CCCCNC(=O)[C@@H](CC)N(Cc1ccc(C)cc1)C(=O)CN(c1ccc(Br)cc1)S(C)(=O)=O. The summed E-state index contributed by atoms with van der Waals surface area (Å²) in [5.41, 5.74) is 2.34. The van der Waals surface area contributed by atoms with E-state index in [-0.39, 0.29) is 12.5 Å². The third-order valence-electron chi connectivity index (χ3n) is 5.48. The fourth-order valence-electron chi connectivity index (χ4n) is 3.54. The predicted octanol–water partition coefficient (Wildman–Crippen LogP) is 4.25. The monoisotopic (exact) mass is 551 g/mol. The van der Waals surface area contributed by atoms with Gasteiger partial charge in [-0.15, -0.1) is 0 Å². The molecule has 0 aromatic heterocycles. The molecular weight excluding hydrogens is 518 g/mol. The number of halogens is 1. The van der Waals surface area contributed by atoms with Gasteiger partial charge in [0.25, 0.3) is 0 Å². The first-order valence-electron chi connectivity index (χ1n) is 11.4. The lowest BCUT2D eigenvalue weighted by Crippen LogP contribution is -2.52. The summed E-state index contributed by atoms with van der Waals surface area (Å²) in [5.74, 6) is -0.669. The predicted molar refractivity (Wildman–Crippen MR) is 140 cm³/mol. The topological polar surface area (TPSA) is 86.8 Å². The first-order valence-corrected chi connectivity index (χ1v) is 14.1. The maximum Gasteiger partial charge on any atom is 0.244 e. The van der Waals surface area contributed by atoms with Crippen molar-refractivity contribution in [2.24, 2.45) is 0 Å². The van der Waals surface area contributed by atoms with Crippen molar-refractivity contribution < 1.29 is 18.0 Å². The molecule has 0 unspecified atom stereocenters. The minimum atomic E-state index is -3.74. The number of benzene rings is 2. The van der Waals surface area contributed by atoms with Gasteiger partial charge in [0, 0.05) is 17.6 Å². The largest absolute Gasteiger partial charge is 0.354 e. The fourth-order valence-corrected chi connectivity index (χ4v) is 4.65. The Balaban J connectivity index is 2.37. The number of hydrogen-bond acceptors (Lipinski definition) is 4. The second-order valence-electron chi connectivity index (χ2n) is 8.32. The van der Waals surface area contributed by atoms with Gasteiger partial charge in [-0.05, 0) is 49.6 Å². The molecule has 1 atom stereocenters. The van der Waals surface area contributed by atoms with Crippen LogP contribution in [-0.4, -0.2) is 50.5 Å². The van der Waals surface area contributed by atoms with Crippen molar-refractivity contribution in [2.75, 3.05) is 23.7 Å². The Morgan fingerprint density at radius 2 is 1.65 bits per heavy atom. The van der Waals surface area contributed by atoms with Gasteiger partial charge in [0.2, 0.25) is 21.8 Å². The molecule has 0 saturated carbocycles. The molecule has 2 amide bonds. The van der Waals surface area contributed by atoms with Crippen molar-refractivity contribution in [2.45, 2.75) is 52.6 Å². The molecule has 1 N–H and O–H groups in total. The maximum absolute atomic E-state index is 13.6. The number of sulfonamides is 1. The lowest BCUT2D eigenvalue weighted by atomic mass is 10.1. The zero-order valence-corrected chi connectivity index (χ0v) is 22.7. The molecule has 0 aliphatic heterocycles. The summed E-state index contributed by atoms with van der Waals surface area (Å²) >= 11 is 3.34. The van der Waals surface area contributed by atoms with Gasteiger partial charge < -0.3 is 10.2 Å². The van der Waals surface area contributed by atoms with E-state index in [4.69, 9.17) is 0 Å². The van der Waals surface area contributed by atoms with E-state index in [1.54, 1.807) is 24.3 Å². The Morgan fingerprint density at radius 3 is 2.18 bits per heavy atom. The number of carbonyl (C=O) groups is 2. The smallest absolute Gasteiger partial charge is 0.244 e. The van der Waals surface area contributed by atoms with E-state index in [2.05, 4.69) is 21.2 Å². The van der Waals surface area contributed by atoms with Crippen molar-refractivity contribution in [1.29, 1.82) is 0 Å². The summed E-state index contributed by atoms with van der Waals surface area (Å²) in [6, 6.07) is 13.7. The molecular formula is C25H34BrN3O4S. The van der Waals surface area contributed by atoms with Gasteiger partial charge in [0.05, 0.1) is 11.9 Å². The van der Waals surface area contributed by atoms with Gasteiger partial charge in [-0.3, -0.25) is 13.9 Å². The zero-order chi connectivity index (χ0) is 25.3. The lowest BCUT2D eigenvalue weighted by molar-refractivity contribution is -0.140. The van der Waals surface area contributed by atoms with E-state index < -0.39 is 28.5 Å². The normalized spacial score (nSPS) is 12.1. The zero-order valence-electron chi connectivity index (χ0n) is 20.3. The van der Waals surface area contributed by atoms with Crippen molar-refractivity contribution in [1.82, 2.24) is 10.2 Å². The summed E-state index contributed by atoms with van der Waals surface area (Å²) in [4.78, 5) is 28.1. The Kier molecular flexibility index (Phi) is 10.6. The summed E-state index contributed by atoms with van der Waals surface area (Å²) in [7, 11) is -3.74. The number of unbranched alkanes of at least 4 members (excludes halogenated alkanes) is 1. The van der Waals surface area contributed by atoms with E-state index in [9.17, 15) is 18.0 Å². The molecule has 2 rings (SSSR count). The molecule has 7 nitrogen and oxygen atoms in total. The summed E-state index contributed by atoms with van der Waals surface area (Å²) in [6.07, 6.45) is 3.27. The number of amides is 2. The quantitative estimate of drug-likeness (QED) is 0.399. The standard InChI is InChI=1S/C25H34BrN3O4S/c1-5-7-16-27-25(31)23(6-2)28(17-20-10-8-19(3)9-11-20)24(30)18-29(34(4,32)33)22-14-12-21(26)13-15-22/h8-15,23H,5-7,16-18H2,1-4H3,(H,27,31)/t23-/m1/s1. The number of anilines is 1. The van der Waals surface area contributed by atoms with Gasteiger partial charge in [-0.25, -0.2) is 8.42 Å². The van der Waals surface area contributed by atoms with Gasteiger partial charge >= 0.3 is 0 Å². The van der Waals surface area contributed by atoms with Crippen LogP contribution in [0.3, 0.4) is 0 Å². The average Bonchev–Trinajstić information content (AvgIpc) is 2.78. The van der Waals surface area contributed by atoms with Crippen molar-refractivity contribution in [3.63, 3.8) is 0 Å². The minimum absolute atomic E-state index is 0.205. The third kappa shape index (κ3) is 8.13.